The highest BCUT2D eigenvalue weighted by molar-refractivity contribution is 7.89. The van der Waals surface area contributed by atoms with Crippen molar-refractivity contribution >= 4 is 10.0 Å². The third-order valence-electron chi connectivity index (χ3n) is 3.04. The van der Waals surface area contributed by atoms with E-state index in [9.17, 15) is 21.6 Å². The van der Waals surface area contributed by atoms with Gasteiger partial charge in [-0.1, -0.05) is 12.1 Å². The van der Waals surface area contributed by atoms with Gasteiger partial charge in [0.2, 0.25) is 10.0 Å². The third-order valence-corrected chi connectivity index (χ3v) is 4.90. The Kier molecular flexibility index (Phi) is 4.52. The molecular weight excluding hydrogens is 317 g/mol. The second kappa shape index (κ2) is 6.05. The van der Waals surface area contributed by atoms with Gasteiger partial charge >= 0.3 is 6.18 Å². The first-order valence-corrected chi connectivity index (χ1v) is 7.68. The monoisotopic (exact) mass is 330 g/mol. The molecule has 0 unspecified atom stereocenters. The third kappa shape index (κ3) is 3.45. The number of rotatable bonds is 4. The minimum atomic E-state index is -4.73. The second-order valence-electron chi connectivity index (χ2n) is 4.61. The van der Waals surface area contributed by atoms with Gasteiger partial charge in [0, 0.05) is 26.0 Å². The van der Waals surface area contributed by atoms with Crippen molar-refractivity contribution in [1.82, 2.24) is 9.29 Å². The Bertz CT molecular complexity index is 746. The zero-order chi connectivity index (χ0) is 16.4. The second-order valence-corrected chi connectivity index (χ2v) is 6.62. The van der Waals surface area contributed by atoms with Gasteiger partial charge in [0.05, 0.1) is 10.5 Å². The summed E-state index contributed by atoms with van der Waals surface area (Å²) in [5.74, 6) is 0. The van der Waals surface area contributed by atoms with Crippen LogP contribution in [0.1, 0.15) is 11.1 Å². The average molecular weight is 330 g/mol. The Morgan fingerprint density at radius 1 is 1.09 bits per heavy atom. The molecule has 0 N–H and O–H groups in total. The summed E-state index contributed by atoms with van der Waals surface area (Å²) in [6, 6.07) is 7.34. The molecule has 8 heteroatoms. The van der Waals surface area contributed by atoms with Crippen molar-refractivity contribution in [1.29, 1.82) is 0 Å². The first-order chi connectivity index (χ1) is 10.2. The van der Waals surface area contributed by atoms with Gasteiger partial charge in [-0.3, -0.25) is 4.98 Å². The number of halogens is 3. The van der Waals surface area contributed by atoms with Gasteiger partial charge < -0.3 is 0 Å². The number of nitrogens with zero attached hydrogens (tertiary/aromatic N) is 2. The van der Waals surface area contributed by atoms with Crippen LogP contribution in [-0.2, 0) is 22.7 Å². The number of aromatic nitrogens is 1. The maximum absolute atomic E-state index is 13.0. The van der Waals surface area contributed by atoms with Crippen LogP contribution in [0.3, 0.4) is 0 Å². The van der Waals surface area contributed by atoms with Crippen LogP contribution < -0.4 is 0 Å². The quantitative estimate of drug-likeness (QED) is 0.866. The zero-order valence-electron chi connectivity index (χ0n) is 11.6. The highest BCUT2D eigenvalue weighted by Gasteiger charge is 2.38. The standard InChI is InChI=1S/C14H13F3N2O2S/c1-19(10-11-6-8-18-9-7-11)22(20,21)13-5-3-2-4-12(13)14(15,16)17/h2-9H,10H2,1H3. The van der Waals surface area contributed by atoms with Crippen LogP contribution in [0, 0.1) is 0 Å². The summed E-state index contributed by atoms with van der Waals surface area (Å²) in [7, 11) is -3.02. The molecule has 0 saturated heterocycles. The van der Waals surface area contributed by atoms with Crippen LogP contribution in [0.15, 0.2) is 53.7 Å². The first kappa shape index (κ1) is 16.4. The lowest BCUT2D eigenvalue weighted by Gasteiger charge is -2.20. The topological polar surface area (TPSA) is 50.3 Å². The molecule has 0 fully saturated rings. The van der Waals surface area contributed by atoms with Gasteiger partial charge in [0.15, 0.2) is 0 Å². The lowest BCUT2D eigenvalue weighted by molar-refractivity contribution is -0.139. The molecule has 1 aromatic carbocycles. The Morgan fingerprint density at radius 3 is 2.27 bits per heavy atom. The number of hydrogen-bond donors (Lipinski definition) is 0. The van der Waals surface area contributed by atoms with E-state index in [0.717, 1.165) is 22.5 Å². The van der Waals surface area contributed by atoms with Crippen molar-refractivity contribution in [2.75, 3.05) is 7.05 Å². The molecular formula is C14H13F3N2O2S. The Balaban J connectivity index is 2.39. The lowest BCUT2D eigenvalue weighted by Crippen LogP contribution is -2.28. The van der Waals surface area contributed by atoms with Crippen LogP contribution in [-0.4, -0.2) is 24.8 Å². The van der Waals surface area contributed by atoms with E-state index in [4.69, 9.17) is 0 Å². The van der Waals surface area contributed by atoms with Crippen molar-refractivity contribution in [3.63, 3.8) is 0 Å². The van der Waals surface area contributed by atoms with Crippen LogP contribution in [0.2, 0.25) is 0 Å². The molecule has 0 radical (unpaired) electrons. The summed E-state index contributed by atoms with van der Waals surface area (Å²) in [4.78, 5) is 3.05. The van der Waals surface area contributed by atoms with E-state index in [1.165, 1.54) is 25.5 Å². The van der Waals surface area contributed by atoms with Crippen LogP contribution >= 0.6 is 0 Å². The molecule has 0 amide bonds. The summed E-state index contributed by atoms with van der Waals surface area (Å²) < 4.78 is 64.6. The van der Waals surface area contributed by atoms with Crippen molar-refractivity contribution in [3.8, 4) is 0 Å². The summed E-state index contributed by atoms with van der Waals surface area (Å²) in [6.45, 7) is -0.0446. The molecule has 2 aromatic rings. The largest absolute Gasteiger partial charge is 0.417 e. The molecule has 0 bridgehead atoms. The SMILES string of the molecule is CN(Cc1ccncc1)S(=O)(=O)c1ccccc1C(F)(F)F. The van der Waals surface area contributed by atoms with Gasteiger partial charge in [-0.05, 0) is 29.8 Å². The maximum Gasteiger partial charge on any atom is 0.417 e. The van der Waals surface area contributed by atoms with Crippen molar-refractivity contribution in [2.45, 2.75) is 17.6 Å². The molecule has 0 aliphatic heterocycles. The first-order valence-electron chi connectivity index (χ1n) is 6.24. The molecule has 0 aliphatic rings. The van der Waals surface area contributed by atoms with Crippen LogP contribution in [0.4, 0.5) is 13.2 Å². The molecule has 0 atom stereocenters. The molecule has 118 valence electrons. The van der Waals surface area contributed by atoms with E-state index in [0.29, 0.717) is 5.56 Å². The summed E-state index contributed by atoms with van der Waals surface area (Å²) in [5, 5.41) is 0. The van der Waals surface area contributed by atoms with E-state index in [1.807, 2.05) is 0 Å². The smallest absolute Gasteiger partial charge is 0.265 e. The summed E-state index contributed by atoms with van der Waals surface area (Å²) in [5.41, 5.74) is -0.540. The van der Waals surface area contributed by atoms with Crippen molar-refractivity contribution in [3.05, 3.63) is 59.9 Å². The average Bonchev–Trinajstić information content (AvgIpc) is 2.47. The fraction of sp³-hybridized carbons (Fsp3) is 0.214. The van der Waals surface area contributed by atoms with Crippen LogP contribution in [0.5, 0.6) is 0 Å². The minimum Gasteiger partial charge on any atom is -0.265 e. The van der Waals surface area contributed by atoms with E-state index in [1.54, 1.807) is 12.1 Å². The van der Waals surface area contributed by atoms with E-state index < -0.39 is 26.7 Å². The van der Waals surface area contributed by atoms with Crippen LogP contribution in [0.25, 0.3) is 0 Å². The molecule has 1 heterocycles. The van der Waals surface area contributed by atoms with Gasteiger partial charge in [0.25, 0.3) is 0 Å². The Hall–Kier alpha value is -1.93. The normalized spacial score (nSPS) is 12.6. The summed E-state index contributed by atoms with van der Waals surface area (Å²) in [6.07, 6.45) is -1.76. The fourth-order valence-electron chi connectivity index (χ4n) is 1.92. The fourth-order valence-corrected chi connectivity index (χ4v) is 3.29. The van der Waals surface area contributed by atoms with Gasteiger partial charge in [-0.15, -0.1) is 0 Å². The number of sulfonamides is 1. The highest BCUT2D eigenvalue weighted by atomic mass is 32.2. The molecule has 0 saturated carbocycles. The predicted molar refractivity (Wildman–Crippen MR) is 74.3 cm³/mol. The molecule has 0 aliphatic carbocycles. The lowest BCUT2D eigenvalue weighted by atomic mass is 10.2. The Labute approximate surface area is 126 Å². The van der Waals surface area contributed by atoms with E-state index >= 15 is 0 Å². The van der Waals surface area contributed by atoms with E-state index in [2.05, 4.69) is 4.98 Å². The molecule has 2 rings (SSSR count). The molecule has 1 aromatic heterocycles. The molecule has 4 nitrogen and oxygen atoms in total. The number of pyridine rings is 1. The predicted octanol–water partition coefficient (Wildman–Crippen LogP) is 2.92. The molecule has 22 heavy (non-hydrogen) atoms. The maximum atomic E-state index is 13.0. The summed E-state index contributed by atoms with van der Waals surface area (Å²) >= 11 is 0. The van der Waals surface area contributed by atoms with Crippen molar-refractivity contribution < 1.29 is 21.6 Å². The minimum absolute atomic E-state index is 0.0446. The van der Waals surface area contributed by atoms with Gasteiger partial charge in [-0.2, -0.15) is 17.5 Å². The Morgan fingerprint density at radius 2 is 1.68 bits per heavy atom. The number of alkyl halides is 3. The molecule has 0 spiro atoms. The van der Waals surface area contributed by atoms with Gasteiger partial charge in [-0.25, -0.2) is 8.42 Å². The zero-order valence-corrected chi connectivity index (χ0v) is 12.4. The number of benzene rings is 1. The van der Waals surface area contributed by atoms with E-state index in [-0.39, 0.29) is 6.54 Å². The highest BCUT2D eigenvalue weighted by Crippen LogP contribution is 2.35. The van der Waals surface area contributed by atoms with Gasteiger partial charge in [0.1, 0.15) is 0 Å². The van der Waals surface area contributed by atoms with Crippen molar-refractivity contribution in [2.24, 2.45) is 0 Å². The number of hydrogen-bond acceptors (Lipinski definition) is 3.